The van der Waals surface area contributed by atoms with E-state index in [2.05, 4.69) is 9.97 Å². The van der Waals surface area contributed by atoms with Gasteiger partial charge in [0.25, 0.3) is 11.5 Å². The van der Waals surface area contributed by atoms with E-state index in [0.717, 1.165) is 5.56 Å². The molecule has 0 fully saturated rings. The molecule has 0 saturated carbocycles. The van der Waals surface area contributed by atoms with Gasteiger partial charge in [-0.15, -0.1) is 0 Å². The summed E-state index contributed by atoms with van der Waals surface area (Å²) in [5.41, 5.74) is 1.39. The van der Waals surface area contributed by atoms with Crippen molar-refractivity contribution in [2.75, 3.05) is 13.2 Å². The van der Waals surface area contributed by atoms with Gasteiger partial charge in [-0.1, -0.05) is 30.3 Å². The second-order valence-corrected chi connectivity index (χ2v) is 5.99. The molecule has 3 rings (SSSR count). The maximum Gasteiger partial charge on any atom is 0.260 e. The molecule has 0 spiro atoms. The molecule has 1 aromatic heterocycles. The van der Waals surface area contributed by atoms with Gasteiger partial charge in [0.1, 0.15) is 11.6 Å². The van der Waals surface area contributed by atoms with E-state index in [4.69, 9.17) is 4.74 Å². The molecule has 0 aliphatic heterocycles. The monoisotopic (exact) mass is 351 g/mol. The van der Waals surface area contributed by atoms with Gasteiger partial charge in [-0.25, -0.2) is 4.98 Å². The van der Waals surface area contributed by atoms with Crippen molar-refractivity contribution in [3.8, 4) is 5.75 Å². The van der Waals surface area contributed by atoms with E-state index < -0.39 is 0 Å². The molecule has 0 aliphatic rings. The van der Waals surface area contributed by atoms with Crippen molar-refractivity contribution < 1.29 is 9.53 Å². The highest BCUT2D eigenvalue weighted by atomic mass is 16.5. The predicted octanol–water partition coefficient (Wildman–Crippen LogP) is 2.66. The van der Waals surface area contributed by atoms with Gasteiger partial charge in [0.05, 0.1) is 17.4 Å². The largest absolute Gasteiger partial charge is 0.484 e. The van der Waals surface area contributed by atoms with Crippen LogP contribution < -0.4 is 10.3 Å². The number of aryl methyl sites for hydroxylation is 1. The van der Waals surface area contributed by atoms with Crippen LogP contribution in [0.15, 0.2) is 53.3 Å². The fourth-order valence-electron chi connectivity index (χ4n) is 2.72. The Labute approximate surface area is 151 Å². The third-order valence-electron chi connectivity index (χ3n) is 4.18. The second-order valence-electron chi connectivity index (χ2n) is 5.99. The van der Waals surface area contributed by atoms with Crippen LogP contribution in [-0.4, -0.2) is 33.9 Å². The van der Waals surface area contributed by atoms with Crippen molar-refractivity contribution in [1.82, 2.24) is 14.9 Å². The molecule has 6 nitrogen and oxygen atoms in total. The van der Waals surface area contributed by atoms with Gasteiger partial charge in [-0.05, 0) is 37.6 Å². The van der Waals surface area contributed by atoms with Crippen LogP contribution in [0.2, 0.25) is 0 Å². The minimum Gasteiger partial charge on any atom is -0.484 e. The Hall–Kier alpha value is -3.15. The highest BCUT2D eigenvalue weighted by Crippen LogP contribution is 2.16. The summed E-state index contributed by atoms with van der Waals surface area (Å²) in [5, 5.41) is 0.536. The first kappa shape index (κ1) is 17.7. The first-order valence-electron chi connectivity index (χ1n) is 8.52. The van der Waals surface area contributed by atoms with Crippen LogP contribution in [-0.2, 0) is 11.3 Å². The van der Waals surface area contributed by atoms with Crippen LogP contribution in [0.1, 0.15) is 18.3 Å². The number of ether oxygens (including phenoxy) is 1. The Morgan fingerprint density at radius 3 is 2.65 bits per heavy atom. The lowest BCUT2D eigenvalue weighted by molar-refractivity contribution is -0.133. The van der Waals surface area contributed by atoms with E-state index in [1.165, 1.54) is 0 Å². The molecule has 0 aliphatic carbocycles. The SMILES string of the molecule is CCN(Cc1nc2ccccc2c(=O)[nH]1)C(=O)COc1ccccc1C. The van der Waals surface area contributed by atoms with Crippen molar-refractivity contribution in [3.05, 3.63) is 70.3 Å². The lowest BCUT2D eigenvalue weighted by Gasteiger charge is -2.20. The topological polar surface area (TPSA) is 75.3 Å². The first-order valence-corrected chi connectivity index (χ1v) is 8.52. The Morgan fingerprint density at radius 1 is 1.15 bits per heavy atom. The van der Waals surface area contributed by atoms with E-state index in [-0.39, 0.29) is 24.6 Å². The Morgan fingerprint density at radius 2 is 1.88 bits per heavy atom. The molecule has 1 heterocycles. The van der Waals surface area contributed by atoms with Crippen molar-refractivity contribution in [2.45, 2.75) is 20.4 Å². The van der Waals surface area contributed by atoms with Crippen molar-refractivity contribution in [3.63, 3.8) is 0 Å². The van der Waals surface area contributed by atoms with Gasteiger partial charge in [0.15, 0.2) is 6.61 Å². The zero-order valence-electron chi connectivity index (χ0n) is 14.9. The minimum absolute atomic E-state index is 0.0590. The van der Waals surface area contributed by atoms with Gasteiger partial charge in [-0.3, -0.25) is 9.59 Å². The van der Waals surface area contributed by atoms with Crippen molar-refractivity contribution in [1.29, 1.82) is 0 Å². The summed E-state index contributed by atoms with van der Waals surface area (Å²) in [4.78, 5) is 33.5. The standard InChI is InChI=1S/C20H21N3O3/c1-3-23(19(24)13-26-17-11-7-4-8-14(17)2)12-18-21-16-10-6-5-9-15(16)20(25)22-18/h4-11H,3,12-13H2,1-2H3,(H,21,22,25). The summed E-state index contributed by atoms with van der Waals surface area (Å²) in [6.07, 6.45) is 0. The van der Waals surface area contributed by atoms with Crippen LogP contribution in [0.4, 0.5) is 0 Å². The molecule has 1 N–H and O–H groups in total. The van der Waals surface area contributed by atoms with Gasteiger partial charge in [0.2, 0.25) is 0 Å². The molecule has 26 heavy (non-hydrogen) atoms. The predicted molar refractivity (Wildman–Crippen MR) is 100 cm³/mol. The fraction of sp³-hybridized carbons (Fsp3) is 0.250. The van der Waals surface area contributed by atoms with E-state index in [0.29, 0.717) is 29.0 Å². The number of amides is 1. The number of carbonyl (C=O) groups is 1. The Bertz CT molecular complexity index is 981. The molecular weight excluding hydrogens is 330 g/mol. The molecule has 1 amide bonds. The maximum atomic E-state index is 12.5. The molecule has 0 unspecified atom stereocenters. The number of likely N-dealkylation sites (N-methyl/N-ethyl adjacent to an activating group) is 1. The third kappa shape index (κ3) is 3.91. The summed E-state index contributed by atoms with van der Waals surface area (Å²) < 4.78 is 5.63. The van der Waals surface area contributed by atoms with Crippen molar-refractivity contribution >= 4 is 16.8 Å². The van der Waals surface area contributed by atoms with Crippen LogP contribution in [0, 0.1) is 6.92 Å². The maximum absolute atomic E-state index is 12.5. The van der Waals surface area contributed by atoms with Gasteiger partial charge < -0.3 is 14.6 Å². The van der Waals surface area contributed by atoms with Crippen molar-refractivity contribution in [2.24, 2.45) is 0 Å². The highest BCUT2D eigenvalue weighted by molar-refractivity contribution is 5.78. The fourth-order valence-corrected chi connectivity index (χ4v) is 2.72. The number of hydrogen-bond acceptors (Lipinski definition) is 4. The minimum atomic E-state index is -0.203. The van der Waals surface area contributed by atoms with Crippen LogP contribution in [0.25, 0.3) is 10.9 Å². The van der Waals surface area contributed by atoms with E-state index in [9.17, 15) is 9.59 Å². The van der Waals surface area contributed by atoms with E-state index in [1.807, 2.05) is 44.2 Å². The molecular formula is C20H21N3O3. The smallest absolute Gasteiger partial charge is 0.260 e. The third-order valence-corrected chi connectivity index (χ3v) is 4.18. The number of rotatable bonds is 6. The van der Waals surface area contributed by atoms with Crippen LogP contribution in [0.3, 0.4) is 0 Å². The van der Waals surface area contributed by atoms with Gasteiger partial charge in [-0.2, -0.15) is 0 Å². The lowest BCUT2D eigenvalue weighted by atomic mass is 10.2. The summed E-state index contributed by atoms with van der Waals surface area (Å²) in [5.74, 6) is 0.987. The number of para-hydroxylation sites is 2. The number of aromatic nitrogens is 2. The summed E-state index contributed by atoms with van der Waals surface area (Å²) in [7, 11) is 0. The highest BCUT2D eigenvalue weighted by Gasteiger charge is 2.15. The molecule has 0 bridgehead atoms. The Kier molecular flexibility index (Phi) is 5.31. The number of benzene rings is 2. The molecule has 3 aromatic rings. The van der Waals surface area contributed by atoms with Crippen LogP contribution in [0.5, 0.6) is 5.75 Å². The number of nitrogens with zero attached hydrogens (tertiary/aromatic N) is 2. The number of hydrogen-bond donors (Lipinski definition) is 1. The first-order chi connectivity index (χ1) is 12.6. The normalized spacial score (nSPS) is 10.7. The average Bonchev–Trinajstić information content (AvgIpc) is 2.65. The number of aromatic amines is 1. The lowest BCUT2D eigenvalue weighted by Crippen LogP contribution is -2.35. The summed E-state index contributed by atoms with van der Waals surface area (Å²) >= 11 is 0. The summed E-state index contributed by atoms with van der Waals surface area (Å²) in [6.45, 7) is 4.47. The zero-order chi connectivity index (χ0) is 18.5. The molecule has 0 saturated heterocycles. The average molecular weight is 351 g/mol. The number of carbonyl (C=O) groups excluding carboxylic acids is 1. The quantitative estimate of drug-likeness (QED) is 0.741. The van der Waals surface area contributed by atoms with Gasteiger partial charge >= 0.3 is 0 Å². The number of fused-ring (bicyclic) bond motifs is 1. The van der Waals surface area contributed by atoms with Crippen LogP contribution >= 0.6 is 0 Å². The molecule has 0 atom stereocenters. The molecule has 6 heteroatoms. The number of nitrogens with one attached hydrogen (secondary N) is 1. The zero-order valence-corrected chi connectivity index (χ0v) is 14.9. The second kappa shape index (κ2) is 7.82. The summed E-state index contributed by atoms with van der Waals surface area (Å²) in [6, 6.07) is 14.7. The van der Waals surface area contributed by atoms with Gasteiger partial charge in [0, 0.05) is 6.54 Å². The van der Waals surface area contributed by atoms with E-state index in [1.54, 1.807) is 23.1 Å². The van der Waals surface area contributed by atoms with E-state index >= 15 is 0 Å². The number of H-pyrrole nitrogens is 1. The molecule has 134 valence electrons. The Balaban J connectivity index is 1.72. The molecule has 2 aromatic carbocycles. The molecule has 0 radical (unpaired) electrons.